The molecule has 0 aliphatic heterocycles. The summed E-state index contributed by atoms with van der Waals surface area (Å²) in [6, 6.07) is 11.7. The van der Waals surface area contributed by atoms with Gasteiger partial charge in [0.25, 0.3) is 0 Å². The number of carboxylic acids is 1. The number of Topliss-reactive ketones (excluding diaryl/α,β-unsaturated/α-hetero) is 1. The molecule has 1 aromatic heterocycles. The molecule has 0 saturated heterocycles. The Morgan fingerprint density at radius 1 is 1.13 bits per heavy atom. The number of thiophene rings is 1. The number of unbranched alkanes of at least 4 members (excludes halogenated alkanes) is 2. The third-order valence-electron chi connectivity index (χ3n) is 5.39. The second-order valence-corrected chi connectivity index (χ2v) is 9.97. The van der Waals surface area contributed by atoms with Crippen LogP contribution in [-0.2, 0) is 11.2 Å². The molecule has 2 N–H and O–H groups in total. The standard InChI is InChI=1S/C24H28O4S2/c1-2-3-4-14-29-18-10-8-16(9-11-18)22-17(15-20(25)23(22)26)6-5-7-19-12-13-21(30-19)24(27)28/h8-13,17,26H,2-7,14-15H2,1H3,(H,27,28). The van der Waals surface area contributed by atoms with E-state index in [-0.39, 0.29) is 17.5 Å². The second kappa shape index (κ2) is 10.8. The number of aryl methyl sites for hydroxylation is 1. The topological polar surface area (TPSA) is 74.6 Å². The first kappa shape index (κ1) is 22.6. The molecule has 1 unspecified atom stereocenters. The number of carbonyl (C=O) groups excluding carboxylic acids is 1. The summed E-state index contributed by atoms with van der Waals surface area (Å²) in [5, 5.41) is 19.4. The van der Waals surface area contributed by atoms with Gasteiger partial charge in [0, 0.05) is 21.8 Å². The van der Waals surface area contributed by atoms with Gasteiger partial charge in [0.1, 0.15) is 4.88 Å². The van der Waals surface area contributed by atoms with Crippen LogP contribution in [0.3, 0.4) is 0 Å². The molecule has 0 fully saturated rings. The van der Waals surface area contributed by atoms with Crippen molar-refractivity contribution >= 4 is 40.4 Å². The van der Waals surface area contributed by atoms with Gasteiger partial charge in [-0.1, -0.05) is 31.9 Å². The van der Waals surface area contributed by atoms with Crippen LogP contribution in [0.5, 0.6) is 0 Å². The number of thioether (sulfide) groups is 1. The van der Waals surface area contributed by atoms with Gasteiger partial charge in [0.05, 0.1) is 0 Å². The third kappa shape index (κ3) is 5.76. The number of benzene rings is 1. The normalized spacial score (nSPS) is 16.4. The lowest BCUT2D eigenvalue weighted by Gasteiger charge is -2.14. The molecule has 160 valence electrons. The van der Waals surface area contributed by atoms with Crippen molar-refractivity contribution < 1.29 is 19.8 Å². The summed E-state index contributed by atoms with van der Waals surface area (Å²) in [5.41, 5.74) is 1.69. The van der Waals surface area contributed by atoms with Crippen molar-refractivity contribution in [1.29, 1.82) is 0 Å². The Bertz CT molecular complexity index is 912. The summed E-state index contributed by atoms with van der Waals surface area (Å²) >= 11 is 3.15. The highest BCUT2D eigenvalue weighted by Gasteiger charge is 2.32. The van der Waals surface area contributed by atoms with Crippen LogP contribution in [0, 0.1) is 5.92 Å². The highest BCUT2D eigenvalue weighted by Crippen LogP contribution is 2.39. The minimum atomic E-state index is -0.894. The van der Waals surface area contributed by atoms with Gasteiger partial charge >= 0.3 is 5.97 Å². The van der Waals surface area contributed by atoms with Crippen molar-refractivity contribution in [1.82, 2.24) is 0 Å². The zero-order valence-corrected chi connectivity index (χ0v) is 18.9. The van der Waals surface area contributed by atoms with Crippen LogP contribution >= 0.6 is 23.1 Å². The predicted octanol–water partition coefficient (Wildman–Crippen LogP) is 6.61. The fourth-order valence-electron chi connectivity index (χ4n) is 3.81. The lowest BCUT2D eigenvalue weighted by molar-refractivity contribution is -0.117. The van der Waals surface area contributed by atoms with Gasteiger partial charge in [-0.15, -0.1) is 23.1 Å². The zero-order valence-electron chi connectivity index (χ0n) is 17.2. The van der Waals surface area contributed by atoms with Crippen molar-refractivity contribution in [3.8, 4) is 0 Å². The van der Waals surface area contributed by atoms with E-state index >= 15 is 0 Å². The van der Waals surface area contributed by atoms with Gasteiger partial charge in [-0.3, -0.25) is 4.79 Å². The Morgan fingerprint density at radius 2 is 1.90 bits per heavy atom. The SMILES string of the molecule is CCCCCSc1ccc(C2=C(O)C(=O)CC2CCCc2ccc(C(=O)O)s2)cc1. The molecule has 3 rings (SSSR count). The molecule has 1 atom stereocenters. The van der Waals surface area contributed by atoms with E-state index < -0.39 is 5.97 Å². The van der Waals surface area contributed by atoms with E-state index in [1.165, 1.54) is 35.5 Å². The molecule has 1 aromatic carbocycles. The lowest BCUT2D eigenvalue weighted by atomic mass is 9.90. The number of allylic oxidation sites excluding steroid dienone is 2. The van der Waals surface area contributed by atoms with E-state index in [0.717, 1.165) is 41.0 Å². The molecular formula is C24H28O4S2. The van der Waals surface area contributed by atoms with Crippen LogP contribution in [0.4, 0.5) is 0 Å². The minimum absolute atomic E-state index is 0.0134. The Kier molecular flexibility index (Phi) is 8.16. The summed E-state index contributed by atoms with van der Waals surface area (Å²) in [4.78, 5) is 25.8. The molecule has 0 radical (unpaired) electrons. The number of carbonyl (C=O) groups is 2. The number of rotatable bonds is 11. The maximum atomic E-state index is 12.2. The van der Waals surface area contributed by atoms with E-state index in [0.29, 0.717) is 11.3 Å². The molecule has 0 bridgehead atoms. The van der Waals surface area contributed by atoms with Crippen LogP contribution in [0.15, 0.2) is 47.1 Å². The maximum absolute atomic E-state index is 12.2. The van der Waals surface area contributed by atoms with Crippen LogP contribution in [0.2, 0.25) is 0 Å². The molecule has 0 spiro atoms. The number of aliphatic hydroxyl groups is 1. The first-order chi connectivity index (χ1) is 14.5. The van der Waals surface area contributed by atoms with Crippen molar-refractivity contribution in [3.05, 3.63) is 57.5 Å². The van der Waals surface area contributed by atoms with Crippen molar-refractivity contribution in [2.75, 3.05) is 5.75 Å². The monoisotopic (exact) mass is 444 g/mol. The number of aromatic carboxylic acids is 1. The molecule has 0 saturated carbocycles. The molecule has 1 aliphatic carbocycles. The van der Waals surface area contributed by atoms with Crippen molar-refractivity contribution in [3.63, 3.8) is 0 Å². The molecule has 1 heterocycles. The summed E-state index contributed by atoms with van der Waals surface area (Å²) in [6.45, 7) is 2.20. The van der Waals surface area contributed by atoms with Gasteiger partial charge in [0.15, 0.2) is 11.5 Å². The first-order valence-electron chi connectivity index (χ1n) is 10.5. The number of hydrogen-bond acceptors (Lipinski definition) is 5. The highest BCUT2D eigenvalue weighted by atomic mass is 32.2. The van der Waals surface area contributed by atoms with Gasteiger partial charge in [-0.05, 0) is 67.2 Å². The molecule has 6 heteroatoms. The third-order valence-corrected chi connectivity index (χ3v) is 7.62. The van der Waals surface area contributed by atoms with Crippen LogP contribution in [0.1, 0.15) is 65.6 Å². The Balaban J connectivity index is 1.60. The molecule has 0 amide bonds. The van der Waals surface area contributed by atoms with E-state index in [4.69, 9.17) is 5.11 Å². The van der Waals surface area contributed by atoms with Gasteiger partial charge in [0.2, 0.25) is 0 Å². The number of hydrogen-bond donors (Lipinski definition) is 2. The average Bonchev–Trinajstić information content (AvgIpc) is 3.31. The van der Waals surface area contributed by atoms with Crippen molar-refractivity contribution in [2.45, 2.75) is 56.8 Å². The van der Waals surface area contributed by atoms with Gasteiger partial charge < -0.3 is 10.2 Å². The van der Waals surface area contributed by atoms with E-state index in [1.807, 2.05) is 30.0 Å². The summed E-state index contributed by atoms with van der Waals surface area (Å²) < 4.78 is 0. The van der Waals surface area contributed by atoms with E-state index in [1.54, 1.807) is 6.07 Å². The van der Waals surface area contributed by atoms with Gasteiger partial charge in [-0.2, -0.15) is 0 Å². The maximum Gasteiger partial charge on any atom is 0.345 e. The molecule has 4 nitrogen and oxygen atoms in total. The summed E-state index contributed by atoms with van der Waals surface area (Å²) in [5.74, 6) is -0.0478. The van der Waals surface area contributed by atoms with E-state index in [2.05, 4.69) is 19.1 Å². The number of aliphatic hydroxyl groups excluding tert-OH is 1. The smallest absolute Gasteiger partial charge is 0.345 e. The quantitative estimate of drug-likeness (QED) is 0.301. The second-order valence-electron chi connectivity index (χ2n) is 7.63. The fourth-order valence-corrected chi connectivity index (χ4v) is 5.61. The first-order valence-corrected chi connectivity index (χ1v) is 12.3. The van der Waals surface area contributed by atoms with Crippen molar-refractivity contribution in [2.24, 2.45) is 5.92 Å². The van der Waals surface area contributed by atoms with Crippen LogP contribution in [0.25, 0.3) is 5.57 Å². The van der Waals surface area contributed by atoms with Gasteiger partial charge in [-0.25, -0.2) is 4.79 Å². The Morgan fingerprint density at radius 3 is 2.57 bits per heavy atom. The Labute approximate surface area is 186 Å². The lowest BCUT2D eigenvalue weighted by Crippen LogP contribution is -2.01. The average molecular weight is 445 g/mol. The molecule has 1 aliphatic rings. The fraction of sp³-hybridized carbons (Fsp3) is 0.417. The Hall–Kier alpha value is -2.05. The molecule has 2 aromatic rings. The number of carboxylic acid groups (broad SMARTS) is 1. The minimum Gasteiger partial charge on any atom is -0.504 e. The molecule has 30 heavy (non-hydrogen) atoms. The summed E-state index contributed by atoms with van der Waals surface area (Å²) in [7, 11) is 0. The van der Waals surface area contributed by atoms with E-state index in [9.17, 15) is 14.7 Å². The van der Waals surface area contributed by atoms with Crippen LogP contribution in [-0.4, -0.2) is 27.7 Å². The highest BCUT2D eigenvalue weighted by molar-refractivity contribution is 7.99. The summed E-state index contributed by atoms with van der Waals surface area (Å²) in [6.07, 6.45) is 6.44. The zero-order chi connectivity index (χ0) is 21.5. The van der Waals surface area contributed by atoms with Crippen LogP contribution < -0.4 is 0 Å². The molecular weight excluding hydrogens is 416 g/mol. The largest absolute Gasteiger partial charge is 0.504 e. The number of ketones is 1. The predicted molar refractivity (Wildman–Crippen MR) is 124 cm³/mol.